The van der Waals surface area contributed by atoms with Crippen LogP contribution in [0.25, 0.3) is 0 Å². The van der Waals surface area contributed by atoms with Gasteiger partial charge in [-0.1, -0.05) is 37.3 Å². The molecule has 0 aliphatic heterocycles. The van der Waals surface area contributed by atoms with Gasteiger partial charge in [0, 0.05) is 12.6 Å². The fourth-order valence-corrected chi connectivity index (χ4v) is 2.40. The maximum Gasteiger partial charge on any atom is 0.332 e. The summed E-state index contributed by atoms with van der Waals surface area (Å²) < 4.78 is 5.23. The zero-order valence-corrected chi connectivity index (χ0v) is 13.6. The van der Waals surface area contributed by atoms with E-state index in [4.69, 9.17) is 10.5 Å². The number of hydrogen-bond acceptors (Lipinski definition) is 4. The third-order valence-corrected chi connectivity index (χ3v) is 3.62. The van der Waals surface area contributed by atoms with Gasteiger partial charge in [-0.05, 0) is 39.3 Å². The molecule has 0 heterocycles. The summed E-state index contributed by atoms with van der Waals surface area (Å²) in [4.78, 5) is 14.7. The number of nitrogens with two attached hydrogens (primary N) is 1. The SMILES string of the molecule is CCCN(CC(N)(C(=O)OCC)c1ccccc1)C(C)C. The molecule has 0 amide bonds. The van der Waals surface area contributed by atoms with Crippen molar-refractivity contribution in [3.8, 4) is 0 Å². The third-order valence-electron chi connectivity index (χ3n) is 3.62. The number of carbonyl (C=O) groups excluding carboxylic acids is 1. The fourth-order valence-electron chi connectivity index (χ4n) is 2.40. The van der Waals surface area contributed by atoms with Crippen LogP contribution in [0.2, 0.25) is 0 Å². The highest BCUT2D eigenvalue weighted by Gasteiger charge is 2.39. The van der Waals surface area contributed by atoms with Crippen molar-refractivity contribution in [3.63, 3.8) is 0 Å². The largest absolute Gasteiger partial charge is 0.464 e. The predicted octanol–water partition coefficient (Wildman–Crippen LogP) is 2.52. The van der Waals surface area contributed by atoms with Crippen molar-refractivity contribution in [3.05, 3.63) is 35.9 Å². The Morgan fingerprint density at radius 2 is 1.90 bits per heavy atom. The first-order valence-electron chi connectivity index (χ1n) is 7.71. The van der Waals surface area contributed by atoms with Crippen LogP contribution in [0.3, 0.4) is 0 Å². The summed E-state index contributed by atoms with van der Waals surface area (Å²) in [6.45, 7) is 9.86. The van der Waals surface area contributed by atoms with Gasteiger partial charge in [0.25, 0.3) is 0 Å². The normalized spacial score (nSPS) is 14.2. The average molecular weight is 292 g/mol. The van der Waals surface area contributed by atoms with E-state index in [1.54, 1.807) is 6.92 Å². The minimum absolute atomic E-state index is 0.325. The first-order valence-corrected chi connectivity index (χ1v) is 7.71. The van der Waals surface area contributed by atoms with Gasteiger partial charge in [-0.3, -0.25) is 4.90 Å². The van der Waals surface area contributed by atoms with Gasteiger partial charge in [0.05, 0.1) is 6.61 Å². The Kier molecular flexibility index (Phi) is 6.85. The van der Waals surface area contributed by atoms with E-state index in [0.29, 0.717) is 19.2 Å². The van der Waals surface area contributed by atoms with Gasteiger partial charge in [-0.25, -0.2) is 4.79 Å². The van der Waals surface area contributed by atoms with Crippen molar-refractivity contribution < 1.29 is 9.53 Å². The number of benzene rings is 1. The number of carbonyl (C=O) groups is 1. The Morgan fingerprint density at radius 3 is 2.38 bits per heavy atom. The fraction of sp³-hybridized carbons (Fsp3) is 0.588. The van der Waals surface area contributed by atoms with Crippen molar-refractivity contribution in [1.82, 2.24) is 4.90 Å². The van der Waals surface area contributed by atoms with Gasteiger partial charge in [0.1, 0.15) is 0 Å². The van der Waals surface area contributed by atoms with Gasteiger partial charge >= 0.3 is 5.97 Å². The Hall–Kier alpha value is -1.39. The maximum atomic E-state index is 12.5. The summed E-state index contributed by atoms with van der Waals surface area (Å²) in [5, 5.41) is 0. The van der Waals surface area contributed by atoms with Crippen molar-refractivity contribution in [2.75, 3.05) is 19.7 Å². The number of ether oxygens (including phenoxy) is 1. The van der Waals surface area contributed by atoms with Crippen LogP contribution in [0.15, 0.2) is 30.3 Å². The standard InChI is InChI=1S/C17H28N2O2/c1-5-12-19(14(3)4)13-17(18,16(20)21-6-2)15-10-8-7-9-11-15/h7-11,14H,5-6,12-13,18H2,1-4H3. The van der Waals surface area contributed by atoms with E-state index in [9.17, 15) is 4.79 Å². The van der Waals surface area contributed by atoms with E-state index in [1.165, 1.54) is 0 Å². The summed E-state index contributed by atoms with van der Waals surface area (Å²) in [5.41, 5.74) is 6.17. The molecular formula is C17H28N2O2. The molecule has 0 saturated carbocycles. The minimum Gasteiger partial charge on any atom is -0.464 e. The molecule has 4 nitrogen and oxygen atoms in total. The van der Waals surface area contributed by atoms with Crippen LogP contribution in [0.5, 0.6) is 0 Å². The summed E-state index contributed by atoms with van der Waals surface area (Å²) in [7, 11) is 0. The van der Waals surface area contributed by atoms with Crippen LogP contribution < -0.4 is 5.73 Å². The molecule has 1 aromatic carbocycles. The highest BCUT2D eigenvalue weighted by Crippen LogP contribution is 2.23. The second kappa shape index (κ2) is 8.15. The topological polar surface area (TPSA) is 55.6 Å². The molecule has 2 N–H and O–H groups in total. The lowest BCUT2D eigenvalue weighted by atomic mass is 9.89. The molecule has 0 fully saturated rings. The van der Waals surface area contributed by atoms with Crippen molar-refractivity contribution >= 4 is 5.97 Å². The molecule has 1 atom stereocenters. The lowest BCUT2D eigenvalue weighted by molar-refractivity contribution is -0.151. The van der Waals surface area contributed by atoms with Crippen LogP contribution in [-0.2, 0) is 15.1 Å². The molecule has 1 unspecified atom stereocenters. The highest BCUT2D eigenvalue weighted by molar-refractivity contribution is 5.82. The van der Waals surface area contributed by atoms with Gasteiger partial charge < -0.3 is 10.5 Å². The summed E-state index contributed by atoms with van der Waals surface area (Å²) in [6, 6.07) is 9.82. The second-order valence-electron chi connectivity index (χ2n) is 5.62. The van der Waals surface area contributed by atoms with Crippen LogP contribution in [0.4, 0.5) is 0 Å². The highest BCUT2D eigenvalue weighted by atomic mass is 16.5. The van der Waals surface area contributed by atoms with Gasteiger partial charge in [-0.2, -0.15) is 0 Å². The summed E-state index contributed by atoms with van der Waals surface area (Å²) in [6.07, 6.45) is 1.02. The second-order valence-corrected chi connectivity index (χ2v) is 5.62. The molecule has 1 rings (SSSR count). The molecule has 0 aliphatic carbocycles. The van der Waals surface area contributed by atoms with Crippen molar-refractivity contribution in [2.24, 2.45) is 5.73 Å². The Labute approximate surface area is 128 Å². The van der Waals surface area contributed by atoms with Gasteiger partial charge in [-0.15, -0.1) is 0 Å². The smallest absolute Gasteiger partial charge is 0.332 e. The number of rotatable bonds is 8. The van der Waals surface area contributed by atoms with Gasteiger partial charge in [0.2, 0.25) is 0 Å². The molecule has 21 heavy (non-hydrogen) atoms. The molecule has 1 aromatic rings. The number of nitrogens with zero attached hydrogens (tertiary/aromatic N) is 1. The van der Waals surface area contributed by atoms with Crippen LogP contribution in [-0.4, -0.2) is 36.6 Å². The van der Waals surface area contributed by atoms with E-state index < -0.39 is 5.54 Å². The van der Waals surface area contributed by atoms with Gasteiger partial charge in [0.15, 0.2) is 5.54 Å². The molecular weight excluding hydrogens is 264 g/mol. The molecule has 0 radical (unpaired) electrons. The average Bonchev–Trinajstić information content (AvgIpc) is 2.47. The van der Waals surface area contributed by atoms with E-state index in [-0.39, 0.29) is 5.97 Å². The van der Waals surface area contributed by atoms with Crippen LogP contribution in [0.1, 0.15) is 39.7 Å². The van der Waals surface area contributed by atoms with Crippen LogP contribution in [0, 0.1) is 0 Å². The third kappa shape index (κ3) is 4.55. The van der Waals surface area contributed by atoms with E-state index in [2.05, 4.69) is 25.7 Å². The monoisotopic (exact) mass is 292 g/mol. The first-order chi connectivity index (χ1) is 9.95. The Bertz CT molecular complexity index is 434. The van der Waals surface area contributed by atoms with E-state index >= 15 is 0 Å². The van der Waals surface area contributed by atoms with E-state index in [1.807, 2.05) is 30.3 Å². The molecule has 4 heteroatoms. The lowest BCUT2D eigenvalue weighted by Crippen LogP contribution is -2.55. The lowest BCUT2D eigenvalue weighted by Gasteiger charge is -2.36. The predicted molar refractivity (Wildman–Crippen MR) is 85.9 cm³/mol. The number of hydrogen-bond donors (Lipinski definition) is 1. The number of esters is 1. The van der Waals surface area contributed by atoms with Crippen molar-refractivity contribution in [1.29, 1.82) is 0 Å². The zero-order chi connectivity index (χ0) is 15.9. The Balaban J connectivity index is 3.10. The minimum atomic E-state index is -1.13. The summed E-state index contributed by atoms with van der Waals surface area (Å²) in [5.74, 6) is -0.363. The molecule has 0 aliphatic rings. The molecule has 0 bridgehead atoms. The Morgan fingerprint density at radius 1 is 1.29 bits per heavy atom. The van der Waals surface area contributed by atoms with Crippen LogP contribution >= 0.6 is 0 Å². The summed E-state index contributed by atoms with van der Waals surface area (Å²) >= 11 is 0. The zero-order valence-electron chi connectivity index (χ0n) is 13.6. The van der Waals surface area contributed by atoms with Crippen molar-refractivity contribution in [2.45, 2.75) is 45.7 Å². The maximum absolute atomic E-state index is 12.5. The molecule has 118 valence electrons. The quantitative estimate of drug-likeness (QED) is 0.748. The first kappa shape index (κ1) is 17.7. The molecule has 0 aromatic heterocycles. The van der Waals surface area contributed by atoms with E-state index in [0.717, 1.165) is 18.5 Å². The molecule has 0 spiro atoms. The molecule has 0 saturated heterocycles.